The predicted molar refractivity (Wildman–Crippen MR) is 79.7 cm³/mol. The largest absolute Gasteiger partial charge is 0.338 e. The summed E-state index contributed by atoms with van der Waals surface area (Å²) in [6.07, 6.45) is 7.74. The first-order chi connectivity index (χ1) is 9.28. The number of nitrogens with zero attached hydrogens (tertiary/aromatic N) is 1. The Bertz CT molecular complexity index is 453. The van der Waals surface area contributed by atoms with E-state index in [9.17, 15) is 4.79 Å². The SMILES string of the molecule is CCc1cc(C(=O)N2CCC3CCCCC3C2)cs1. The van der Waals surface area contributed by atoms with Crippen molar-refractivity contribution in [1.82, 2.24) is 4.90 Å². The highest BCUT2D eigenvalue weighted by Crippen LogP contribution is 2.36. The highest BCUT2D eigenvalue weighted by molar-refractivity contribution is 7.10. The van der Waals surface area contributed by atoms with Gasteiger partial charge < -0.3 is 4.90 Å². The van der Waals surface area contributed by atoms with E-state index in [1.54, 1.807) is 11.3 Å². The molecule has 1 aliphatic heterocycles. The molecule has 2 fully saturated rings. The van der Waals surface area contributed by atoms with Gasteiger partial charge in [0.2, 0.25) is 0 Å². The van der Waals surface area contributed by atoms with Crippen LogP contribution in [0.15, 0.2) is 11.4 Å². The number of fused-ring (bicyclic) bond motifs is 1. The first-order valence-electron chi connectivity index (χ1n) is 7.64. The maximum Gasteiger partial charge on any atom is 0.254 e. The summed E-state index contributed by atoms with van der Waals surface area (Å²) in [4.78, 5) is 16.0. The minimum atomic E-state index is 0.264. The fourth-order valence-corrected chi connectivity index (χ4v) is 4.45. The second-order valence-corrected chi connectivity index (χ2v) is 7.00. The van der Waals surface area contributed by atoms with Crippen molar-refractivity contribution in [3.8, 4) is 0 Å². The summed E-state index contributed by atoms with van der Waals surface area (Å²) in [5, 5.41) is 2.04. The first-order valence-corrected chi connectivity index (χ1v) is 8.52. The van der Waals surface area contributed by atoms with Crippen LogP contribution in [0.2, 0.25) is 0 Å². The third kappa shape index (κ3) is 2.71. The highest BCUT2D eigenvalue weighted by atomic mass is 32.1. The number of carbonyl (C=O) groups excluding carboxylic acids is 1. The van der Waals surface area contributed by atoms with Crippen LogP contribution in [0.25, 0.3) is 0 Å². The third-order valence-corrected chi connectivity index (χ3v) is 5.91. The zero-order valence-electron chi connectivity index (χ0n) is 11.7. The van der Waals surface area contributed by atoms with Crippen molar-refractivity contribution in [1.29, 1.82) is 0 Å². The molecule has 2 atom stereocenters. The van der Waals surface area contributed by atoms with Gasteiger partial charge in [-0.3, -0.25) is 4.79 Å². The van der Waals surface area contributed by atoms with Crippen molar-refractivity contribution in [2.24, 2.45) is 11.8 Å². The van der Waals surface area contributed by atoms with Gasteiger partial charge in [-0.15, -0.1) is 11.3 Å². The molecule has 104 valence electrons. The number of piperidine rings is 1. The molecule has 0 bridgehead atoms. The average molecular weight is 277 g/mol. The van der Waals surface area contributed by atoms with Crippen LogP contribution >= 0.6 is 11.3 Å². The maximum atomic E-state index is 12.5. The minimum absolute atomic E-state index is 0.264. The normalized spacial score (nSPS) is 27.1. The van der Waals surface area contributed by atoms with Gasteiger partial charge in [0.05, 0.1) is 5.56 Å². The molecule has 1 saturated heterocycles. The van der Waals surface area contributed by atoms with Crippen molar-refractivity contribution in [3.05, 3.63) is 21.9 Å². The number of likely N-dealkylation sites (tertiary alicyclic amines) is 1. The topological polar surface area (TPSA) is 20.3 Å². The van der Waals surface area contributed by atoms with Crippen LogP contribution in [0.4, 0.5) is 0 Å². The standard InChI is InChI=1S/C16H23NOS/c1-2-15-9-14(11-19-15)16(18)17-8-7-12-5-3-4-6-13(12)10-17/h9,11-13H,2-8,10H2,1H3. The molecule has 1 aromatic heterocycles. The molecule has 1 saturated carbocycles. The summed E-state index contributed by atoms with van der Waals surface area (Å²) in [6, 6.07) is 2.08. The van der Waals surface area contributed by atoms with Crippen molar-refractivity contribution in [2.75, 3.05) is 13.1 Å². The molecule has 2 aliphatic rings. The van der Waals surface area contributed by atoms with Crippen LogP contribution in [-0.2, 0) is 6.42 Å². The molecule has 0 radical (unpaired) electrons. The summed E-state index contributed by atoms with van der Waals surface area (Å²) >= 11 is 1.72. The molecule has 19 heavy (non-hydrogen) atoms. The van der Waals surface area contributed by atoms with E-state index in [2.05, 4.69) is 17.9 Å². The number of carbonyl (C=O) groups is 1. The molecule has 0 aromatic carbocycles. The number of thiophene rings is 1. The van der Waals surface area contributed by atoms with E-state index in [0.717, 1.165) is 36.9 Å². The lowest BCUT2D eigenvalue weighted by Gasteiger charge is -2.41. The van der Waals surface area contributed by atoms with Crippen LogP contribution < -0.4 is 0 Å². The Hall–Kier alpha value is -0.830. The number of amides is 1. The fraction of sp³-hybridized carbons (Fsp3) is 0.688. The van der Waals surface area contributed by atoms with Gasteiger partial charge in [-0.2, -0.15) is 0 Å². The Kier molecular flexibility index (Phi) is 3.92. The lowest BCUT2D eigenvalue weighted by Crippen LogP contribution is -2.44. The highest BCUT2D eigenvalue weighted by Gasteiger charge is 2.33. The zero-order valence-corrected chi connectivity index (χ0v) is 12.5. The Morgan fingerprint density at radius 2 is 2.11 bits per heavy atom. The Balaban J connectivity index is 1.67. The molecule has 2 nitrogen and oxygen atoms in total. The van der Waals surface area contributed by atoms with E-state index in [4.69, 9.17) is 0 Å². The summed E-state index contributed by atoms with van der Waals surface area (Å²) in [7, 11) is 0. The molecular weight excluding hydrogens is 254 g/mol. The van der Waals surface area contributed by atoms with Gasteiger partial charge in [-0.25, -0.2) is 0 Å². The molecule has 3 heteroatoms. The molecular formula is C16H23NOS. The number of hydrogen-bond acceptors (Lipinski definition) is 2. The smallest absolute Gasteiger partial charge is 0.254 e. The van der Waals surface area contributed by atoms with E-state index in [0.29, 0.717) is 0 Å². The second-order valence-electron chi connectivity index (χ2n) is 6.00. The Morgan fingerprint density at radius 1 is 1.32 bits per heavy atom. The molecule has 2 unspecified atom stereocenters. The monoisotopic (exact) mass is 277 g/mol. The van der Waals surface area contributed by atoms with E-state index < -0.39 is 0 Å². The van der Waals surface area contributed by atoms with Crippen molar-refractivity contribution in [3.63, 3.8) is 0 Å². The van der Waals surface area contributed by atoms with Gasteiger partial charge in [-0.1, -0.05) is 26.2 Å². The summed E-state index contributed by atoms with van der Waals surface area (Å²) in [5.74, 6) is 1.93. The quantitative estimate of drug-likeness (QED) is 0.801. The van der Waals surface area contributed by atoms with Crippen LogP contribution in [-0.4, -0.2) is 23.9 Å². The van der Waals surface area contributed by atoms with Crippen molar-refractivity contribution >= 4 is 17.2 Å². The number of rotatable bonds is 2. The van der Waals surface area contributed by atoms with Gasteiger partial charge in [0.15, 0.2) is 0 Å². The van der Waals surface area contributed by atoms with Gasteiger partial charge >= 0.3 is 0 Å². The maximum absolute atomic E-state index is 12.5. The number of hydrogen-bond donors (Lipinski definition) is 0. The number of aryl methyl sites for hydroxylation is 1. The minimum Gasteiger partial charge on any atom is -0.338 e. The van der Waals surface area contributed by atoms with Gasteiger partial charge in [0, 0.05) is 23.3 Å². The van der Waals surface area contributed by atoms with Gasteiger partial charge in [-0.05, 0) is 37.2 Å². The molecule has 0 spiro atoms. The summed E-state index contributed by atoms with van der Waals surface area (Å²) in [5.41, 5.74) is 0.913. The first kappa shape index (κ1) is 13.2. The van der Waals surface area contributed by atoms with Gasteiger partial charge in [0.25, 0.3) is 5.91 Å². The predicted octanol–water partition coefficient (Wildman–Crippen LogP) is 3.96. The van der Waals surface area contributed by atoms with Crippen LogP contribution in [0.1, 0.15) is 54.3 Å². The summed E-state index contributed by atoms with van der Waals surface area (Å²) < 4.78 is 0. The van der Waals surface area contributed by atoms with E-state index in [1.165, 1.54) is 37.0 Å². The second kappa shape index (κ2) is 5.66. The Morgan fingerprint density at radius 3 is 2.84 bits per heavy atom. The van der Waals surface area contributed by atoms with E-state index in [1.807, 2.05) is 5.38 Å². The average Bonchev–Trinajstić information content (AvgIpc) is 2.95. The van der Waals surface area contributed by atoms with Gasteiger partial charge in [0.1, 0.15) is 0 Å². The fourth-order valence-electron chi connectivity index (χ4n) is 3.65. The summed E-state index contributed by atoms with van der Waals surface area (Å²) in [6.45, 7) is 4.12. The van der Waals surface area contributed by atoms with E-state index >= 15 is 0 Å². The van der Waals surface area contributed by atoms with Crippen LogP contribution in [0.5, 0.6) is 0 Å². The zero-order chi connectivity index (χ0) is 13.2. The molecule has 3 rings (SSSR count). The molecule has 1 amide bonds. The molecule has 1 aliphatic carbocycles. The van der Waals surface area contributed by atoms with E-state index in [-0.39, 0.29) is 5.91 Å². The molecule has 0 N–H and O–H groups in total. The lowest BCUT2D eigenvalue weighted by molar-refractivity contribution is 0.0521. The van der Waals surface area contributed by atoms with Crippen LogP contribution in [0.3, 0.4) is 0 Å². The van der Waals surface area contributed by atoms with Crippen molar-refractivity contribution in [2.45, 2.75) is 45.4 Å². The van der Waals surface area contributed by atoms with Crippen LogP contribution in [0, 0.1) is 11.8 Å². The lowest BCUT2D eigenvalue weighted by atomic mass is 9.75. The molecule has 2 heterocycles. The molecule has 1 aromatic rings. The van der Waals surface area contributed by atoms with Crippen molar-refractivity contribution < 1.29 is 4.79 Å². The third-order valence-electron chi connectivity index (χ3n) is 4.83. The Labute approximate surface area is 119 Å².